The van der Waals surface area contributed by atoms with Crippen molar-refractivity contribution in [2.75, 3.05) is 26.7 Å². The number of fused-ring (bicyclic) bond motifs is 1. The molecule has 8 nitrogen and oxygen atoms in total. The first-order chi connectivity index (χ1) is 15.8. The maximum Gasteiger partial charge on any atom is 0.322 e. The third kappa shape index (κ3) is 4.53. The van der Waals surface area contributed by atoms with Gasteiger partial charge in [0.2, 0.25) is 0 Å². The maximum absolute atomic E-state index is 13.1. The van der Waals surface area contributed by atoms with Crippen LogP contribution in [-0.2, 0) is 6.54 Å². The van der Waals surface area contributed by atoms with Gasteiger partial charge in [0, 0.05) is 36.8 Å². The van der Waals surface area contributed by atoms with Gasteiger partial charge in [-0.3, -0.25) is 15.1 Å². The van der Waals surface area contributed by atoms with Gasteiger partial charge in [0.25, 0.3) is 0 Å². The summed E-state index contributed by atoms with van der Waals surface area (Å²) in [7, 11) is 2.16. The fourth-order valence-corrected chi connectivity index (χ4v) is 5.17. The highest BCUT2D eigenvalue weighted by molar-refractivity contribution is 6.11. The molecule has 1 aliphatic carbocycles. The average molecular weight is 452 g/mol. The average Bonchev–Trinajstić information content (AvgIpc) is 3.39. The number of amides is 2. The van der Waals surface area contributed by atoms with Crippen LogP contribution in [0.1, 0.15) is 57.8 Å². The van der Waals surface area contributed by atoms with Gasteiger partial charge in [-0.15, -0.1) is 0 Å². The van der Waals surface area contributed by atoms with Crippen molar-refractivity contribution in [2.45, 2.75) is 65.5 Å². The number of pyridine rings is 1. The summed E-state index contributed by atoms with van der Waals surface area (Å²) in [5, 5.41) is 17.6. The van der Waals surface area contributed by atoms with Gasteiger partial charge in [0.05, 0.1) is 22.6 Å². The van der Waals surface area contributed by atoms with Crippen LogP contribution in [0.25, 0.3) is 10.9 Å². The van der Waals surface area contributed by atoms with E-state index in [0.29, 0.717) is 23.9 Å². The summed E-state index contributed by atoms with van der Waals surface area (Å²) < 4.78 is 2.07. The van der Waals surface area contributed by atoms with E-state index in [2.05, 4.69) is 33.9 Å². The highest BCUT2D eigenvalue weighted by Crippen LogP contribution is 2.44. The zero-order valence-electron chi connectivity index (χ0n) is 20.6. The molecule has 1 saturated heterocycles. The van der Waals surface area contributed by atoms with E-state index in [1.807, 2.05) is 37.9 Å². The Hall–Kier alpha value is -2.74. The lowest BCUT2D eigenvalue weighted by Gasteiger charge is -2.30. The van der Waals surface area contributed by atoms with E-state index < -0.39 is 0 Å². The quantitative estimate of drug-likeness (QED) is 0.595. The molecule has 1 unspecified atom stereocenters. The Morgan fingerprint density at radius 3 is 2.73 bits per heavy atom. The van der Waals surface area contributed by atoms with Crippen LogP contribution in [0, 0.1) is 18.3 Å². The summed E-state index contributed by atoms with van der Waals surface area (Å²) in [6.45, 7) is 11.7. The zero-order valence-corrected chi connectivity index (χ0v) is 20.6. The Morgan fingerprint density at radius 1 is 1.39 bits per heavy atom. The summed E-state index contributed by atoms with van der Waals surface area (Å²) >= 11 is 0. The number of aromatic nitrogens is 3. The smallest absolute Gasteiger partial charge is 0.319 e. The second-order valence-corrected chi connectivity index (χ2v) is 9.60. The fraction of sp³-hybridized carbons (Fsp3) is 0.600. The molecule has 0 aromatic carbocycles. The molecule has 2 fully saturated rings. The molecule has 1 aliphatic heterocycles. The first-order valence-corrected chi connectivity index (χ1v) is 12.2. The van der Waals surface area contributed by atoms with Gasteiger partial charge >= 0.3 is 6.03 Å². The predicted molar refractivity (Wildman–Crippen MR) is 132 cm³/mol. The van der Waals surface area contributed by atoms with Crippen LogP contribution in [0.3, 0.4) is 0 Å². The molecule has 2 aliphatic rings. The van der Waals surface area contributed by atoms with Crippen molar-refractivity contribution in [3.05, 3.63) is 35.4 Å². The van der Waals surface area contributed by atoms with E-state index >= 15 is 0 Å². The molecule has 2 aromatic heterocycles. The van der Waals surface area contributed by atoms with E-state index in [1.165, 1.54) is 6.42 Å². The standard InChI is InChI=1S/C25H37N7O/c1-6-20(28-24(33)31(8-3)25(7-2)10-11-25)23(26)21-13-22-19(14-27-21)17(4)29-32(22)16-18-9-12-30(5)15-18/h6,13-14,18,26H,7-12,15-16H2,1-5H3,(H,28,33)/b20-6+,26-23?. The molecule has 1 atom stereocenters. The number of aryl methyl sites for hydroxylation is 1. The van der Waals surface area contributed by atoms with E-state index in [-0.39, 0.29) is 17.3 Å². The molecular weight excluding hydrogens is 414 g/mol. The van der Waals surface area contributed by atoms with Crippen LogP contribution in [0.5, 0.6) is 0 Å². The predicted octanol–water partition coefficient (Wildman–Crippen LogP) is 3.94. The Morgan fingerprint density at radius 2 is 2.15 bits per heavy atom. The highest BCUT2D eigenvalue weighted by Gasteiger charge is 2.48. The van der Waals surface area contributed by atoms with E-state index in [4.69, 9.17) is 10.5 Å². The number of likely N-dealkylation sites (tertiary alicyclic amines) is 1. The lowest BCUT2D eigenvalue weighted by atomic mass is 10.1. The summed E-state index contributed by atoms with van der Waals surface area (Å²) in [4.78, 5) is 21.9. The monoisotopic (exact) mass is 451 g/mol. The van der Waals surface area contributed by atoms with Gasteiger partial charge in [-0.2, -0.15) is 5.10 Å². The molecular formula is C25H37N7O. The highest BCUT2D eigenvalue weighted by atomic mass is 16.2. The van der Waals surface area contributed by atoms with Crippen molar-refractivity contribution in [3.63, 3.8) is 0 Å². The number of hydrogen-bond acceptors (Lipinski definition) is 5. The molecule has 3 heterocycles. The molecule has 8 heteroatoms. The van der Waals surface area contributed by atoms with Crippen molar-refractivity contribution in [1.82, 2.24) is 29.9 Å². The Balaban J connectivity index is 1.55. The topological polar surface area (TPSA) is 90.1 Å². The number of carbonyl (C=O) groups is 1. The Labute approximate surface area is 196 Å². The first kappa shape index (κ1) is 23.4. The molecule has 2 amide bonds. The molecule has 0 bridgehead atoms. The minimum atomic E-state index is -0.137. The summed E-state index contributed by atoms with van der Waals surface area (Å²) in [5.41, 5.74) is 3.18. The molecule has 33 heavy (non-hydrogen) atoms. The maximum atomic E-state index is 13.1. The third-order valence-corrected chi connectivity index (χ3v) is 7.42. The number of rotatable bonds is 8. The van der Waals surface area contributed by atoms with Crippen molar-refractivity contribution in [2.24, 2.45) is 5.92 Å². The van der Waals surface area contributed by atoms with Crippen molar-refractivity contribution in [1.29, 1.82) is 5.41 Å². The largest absolute Gasteiger partial charge is 0.322 e. The van der Waals surface area contributed by atoms with Crippen LogP contribution < -0.4 is 5.32 Å². The van der Waals surface area contributed by atoms with Gasteiger partial charge in [-0.1, -0.05) is 13.0 Å². The number of hydrogen-bond donors (Lipinski definition) is 2. The Kier molecular flexibility index (Phi) is 6.56. The normalized spacial score (nSPS) is 20.3. The van der Waals surface area contributed by atoms with Crippen LogP contribution in [0.15, 0.2) is 24.0 Å². The third-order valence-electron chi connectivity index (χ3n) is 7.42. The molecule has 178 valence electrons. The second kappa shape index (κ2) is 9.25. The molecule has 2 aromatic rings. The summed E-state index contributed by atoms with van der Waals surface area (Å²) in [5.74, 6) is 0.576. The van der Waals surface area contributed by atoms with Gasteiger partial charge in [0.1, 0.15) is 5.71 Å². The molecule has 0 radical (unpaired) electrons. The lowest BCUT2D eigenvalue weighted by Crippen LogP contribution is -2.47. The van der Waals surface area contributed by atoms with Crippen molar-refractivity contribution < 1.29 is 4.79 Å². The molecule has 1 saturated carbocycles. The number of nitrogens with zero attached hydrogens (tertiary/aromatic N) is 5. The van der Waals surface area contributed by atoms with E-state index in [9.17, 15) is 4.79 Å². The zero-order chi connectivity index (χ0) is 23.8. The molecule has 0 spiro atoms. The second-order valence-electron chi connectivity index (χ2n) is 9.60. The number of carbonyl (C=O) groups excluding carboxylic acids is 1. The Bertz CT molecular complexity index is 1080. The van der Waals surface area contributed by atoms with Gasteiger partial charge < -0.3 is 15.1 Å². The van der Waals surface area contributed by atoms with Crippen molar-refractivity contribution >= 4 is 22.6 Å². The number of urea groups is 1. The molecule has 4 rings (SSSR count). The number of nitrogens with one attached hydrogen (secondary N) is 2. The minimum absolute atomic E-state index is 0.0185. The van der Waals surface area contributed by atoms with Crippen molar-refractivity contribution in [3.8, 4) is 0 Å². The summed E-state index contributed by atoms with van der Waals surface area (Å²) in [6, 6.07) is 1.81. The van der Waals surface area contributed by atoms with Crippen LogP contribution in [-0.4, -0.2) is 68.5 Å². The van der Waals surface area contributed by atoms with Crippen LogP contribution >= 0.6 is 0 Å². The van der Waals surface area contributed by atoms with Crippen LogP contribution in [0.2, 0.25) is 0 Å². The first-order valence-electron chi connectivity index (χ1n) is 12.2. The van der Waals surface area contributed by atoms with Gasteiger partial charge in [0.15, 0.2) is 0 Å². The summed E-state index contributed by atoms with van der Waals surface area (Å²) in [6.07, 6.45) is 7.81. The van der Waals surface area contributed by atoms with Gasteiger partial charge in [-0.05, 0) is 72.0 Å². The number of allylic oxidation sites excluding steroid dienone is 2. The van der Waals surface area contributed by atoms with Crippen LogP contribution in [0.4, 0.5) is 4.79 Å². The fourth-order valence-electron chi connectivity index (χ4n) is 5.17. The van der Waals surface area contributed by atoms with Gasteiger partial charge in [-0.25, -0.2) is 4.79 Å². The SMILES string of the molecule is C/C=C(/NC(=O)N(CC)C1(CC)CC1)C(=N)c1cc2c(cn1)c(C)nn2CC1CCN(C)C1. The lowest BCUT2D eigenvalue weighted by molar-refractivity contribution is 0.170. The van der Waals surface area contributed by atoms with E-state index in [1.54, 1.807) is 6.08 Å². The molecule has 2 N–H and O–H groups in total. The van der Waals surface area contributed by atoms with E-state index in [0.717, 1.165) is 55.5 Å². The minimum Gasteiger partial charge on any atom is -0.319 e.